The number of nitrogen functional groups attached to an aromatic ring is 1. The van der Waals surface area contributed by atoms with Gasteiger partial charge in [0.2, 0.25) is 5.95 Å². The van der Waals surface area contributed by atoms with Gasteiger partial charge in [0, 0.05) is 10.9 Å². The molecule has 7 heteroatoms. The highest BCUT2D eigenvalue weighted by atomic mass is 79.9. The third kappa shape index (κ3) is 2.56. The van der Waals surface area contributed by atoms with Gasteiger partial charge in [0.1, 0.15) is 5.82 Å². The lowest BCUT2D eigenvalue weighted by Gasteiger charge is -2.27. The molecule has 2 heterocycles. The summed E-state index contributed by atoms with van der Waals surface area (Å²) in [6.45, 7) is 1.91. The van der Waals surface area contributed by atoms with Crippen molar-refractivity contribution in [3.63, 3.8) is 0 Å². The molecule has 1 aliphatic heterocycles. The molecule has 0 bridgehead atoms. The number of aromatic nitrogens is 2. The van der Waals surface area contributed by atoms with E-state index in [2.05, 4.69) is 31.2 Å². The Morgan fingerprint density at radius 1 is 1.45 bits per heavy atom. The number of amides is 1. The van der Waals surface area contributed by atoms with E-state index in [1.807, 2.05) is 6.92 Å². The molecular weight excluding hydrogens is 351 g/mol. The molecule has 0 spiro atoms. The van der Waals surface area contributed by atoms with Crippen molar-refractivity contribution in [2.45, 2.75) is 25.8 Å². The van der Waals surface area contributed by atoms with Gasteiger partial charge in [-0.1, -0.05) is 28.9 Å². The predicted octanol–water partition coefficient (Wildman–Crippen LogP) is 2.55. The summed E-state index contributed by atoms with van der Waals surface area (Å²) >= 11 is 3.34. The van der Waals surface area contributed by atoms with Crippen LogP contribution in [0.4, 0.5) is 10.3 Å². The van der Waals surface area contributed by atoms with Crippen LogP contribution in [0.2, 0.25) is 0 Å². The molecule has 1 aliphatic rings. The van der Waals surface area contributed by atoms with Crippen molar-refractivity contribution in [3.05, 3.63) is 51.0 Å². The standard InChI is InChI=1S/C15H14BrFN4O/c1-2-10-13-12(21-15(18)20-10)6-11(19-14(13)22)8-4-3-7(17)5-9(8)16/h3-5,11H,2,6H2,1H3,(H,19,22)(H2,18,20,21)/t11-/m1/s1. The summed E-state index contributed by atoms with van der Waals surface area (Å²) < 4.78 is 13.8. The average molecular weight is 365 g/mol. The Balaban J connectivity index is 2.04. The molecule has 0 aliphatic carbocycles. The van der Waals surface area contributed by atoms with Crippen molar-refractivity contribution in [2.75, 3.05) is 5.73 Å². The smallest absolute Gasteiger partial charge is 0.255 e. The third-order valence-electron chi connectivity index (χ3n) is 3.68. The van der Waals surface area contributed by atoms with E-state index in [-0.39, 0.29) is 23.7 Å². The molecule has 0 saturated carbocycles. The highest BCUT2D eigenvalue weighted by Gasteiger charge is 2.30. The molecule has 0 radical (unpaired) electrons. The largest absolute Gasteiger partial charge is 0.368 e. The number of fused-ring (bicyclic) bond motifs is 1. The SMILES string of the molecule is CCc1nc(N)nc2c1C(=O)N[C@@H](c1ccc(F)cc1Br)C2. The van der Waals surface area contributed by atoms with Crippen LogP contribution in [-0.2, 0) is 12.8 Å². The summed E-state index contributed by atoms with van der Waals surface area (Å²) in [5.41, 5.74) is 8.32. The fourth-order valence-electron chi connectivity index (χ4n) is 2.69. The fraction of sp³-hybridized carbons (Fsp3) is 0.267. The Morgan fingerprint density at radius 2 is 2.23 bits per heavy atom. The van der Waals surface area contributed by atoms with E-state index < -0.39 is 0 Å². The minimum atomic E-state index is -0.335. The van der Waals surface area contributed by atoms with E-state index in [4.69, 9.17) is 5.73 Å². The first-order valence-corrected chi connectivity index (χ1v) is 7.70. The zero-order valence-corrected chi connectivity index (χ0v) is 13.4. The normalized spacial score (nSPS) is 17.0. The van der Waals surface area contributed by atoms with Gasteiger partial charge in [0.15, 0.2) is 0 Å². The number of nitrogens with one attached hydrogen (secondary N) is 1. The number of anilines is 1. The summed E-state index contributed by atoms with van der Waals surface area (Å²) in [5.74, 6) is -0.389. The molecule has 0 saturated heterocycles. The number of benzene rings is 1. The monoisotopic (exact) mass is 364 g/mol. The van der Waals surface area contributed by atoms with E-state index >= 15 is 0 Å². The Labute approximate surface area is 135 Å². The molecule has 1 aromatic heterocycles. The van der Waals surface area contributed by atoms with E-state index in [9.17, 15) is 9.18 Å². The first-order valence-electron chi connectivity index (χ1n) is 6.90. The Bertz CT molecular complexity index is 765. The lowest BCUT2D eigenvalue weighted by molar-refractivity contribution is 0.0922. The molecule has 0 unspecified atom stereocenters. The molecule has 22 heavy (non-hydrogen) atoms. The summed E-state index contributed by atoms with van der Waals surface area (Å²) in [7, 11) is 0. The predicted molar refractivity (Wildman–Crippen MR) is 83.8 cm³/mol. The van der Waals surface area contributed by atoms with Crippen molar-refractivity contribution in [3.8, 4) is 0 Å². The van der Waals surface area contributed by atoms with Crippen LogP contribution in [0.15, 0.2) is 22.7 Å². The first kappa shape index (κ1) is 14.9. The molecule has 114 valence electrons. The second-order valence-electron chi connectivity index (χ2n) is 5.10. The van der Waals surface area contributed by atoms with Gasteiger partial charge in [0.05, 0.1) is 23.0 Å². The molecule has 1 amide bonds. The maximum Gasteiger partial charge on any atom is 0.255 e. The highest BCUT2D eigenvalue weighted by molar-refractivity contribution is 9.10. The topological polar surface area (TPSA) is 80.9 Å². The molecule has 1 atom stereocenters. The molecule has 0 fully saturated rings. The van der Waals surface area contributed by atoms with Gasteiger partial charge >= 0.3 is 0 Å². The molecule has 2 aromatic rings. The summed E-state index contributed by atoms with van der Waals surface area (Å²) in [4.78, 5) is 20.8. The van der Waals surface area contributed by atoms with Gasteiger partial charge in [-0.25, -0.2) is 14.4 Å². The van der Waals surface area contributed by atoms with E-state index in [0.29, 0.717) is 34.3 Å². The summed E-state index contributed by atoms with van der Waals surface area (Å²) in [6, 6.07) is 4.12. The van der Waals surface area contributed by atoms with Gasteiger partial charge in [-0.05, 0) is 24.1 Å². The zero-order chi connectivity index (χ0) is 15.9. The van der Waals surface area contributed by atoms with Crippen LogP contribution in [0.1, 0.15) is 40.3 Å². The minimum Gasteiger partial charge on any atom is -0.368 e. The minimum absolute atomic E-state index is 0.169. The Kier molecular flexibility index (Phi) is 3.82. The number of hydrogen-bond donors (Lipinski definition) is 2. The maximum absolute atomic E-state index is 13.2. The van der Waals surface area contributed by atoms with Crippen molar-refractivity contribution in [1.29, 1.82) is 0 Å². The Hall–Kier alpha value is -2.02. The van der Waals surface area contributed by atoms with Crippen molar-refractivity contribution in [1.82, 2.24) is 15.3 Å². The second kappa shape index (κ2) is 5.64. The van der Waals surface area contributed by atoms with E-state index in [0.717, 1.165) is 5.56 Å². The number of rotatable bonds is 2. The highest BCUT2D eigenvalue weighted by Crippen LogP contribution is 2.31. The van der Waals surface area contributed by atoms with Crippen LogP contribution in [-0.4, -0.2) is 15.9 Å². The number of nitrogens with two attached hydrogens (primary N) is 1. The van der Waals surface area contributed by atoms with Crippen LogP contribution in [0, 0.1) is 5.82 Å². The second-order valence-corrected chi connectivity index (χ2v) is 5.95. The first-order chi connectivity index (χ1) is 10.5. The van der Waals surface area contributed by atoms with Gasteiger partial charge in [-0.2, -0.15) is 0 Å². The number of carbonyl (C=O) groups is 1. The fourth-order valence-corrected chi connectivity index (χ4v) is 3.32. The Morgan fingerprint density at radius 3 is 2.91 bits per heavy atom. The van der Waals surface area contributed by atoms with Crippen LogP contribution in [0.25, 0.3) is 0 Å². The van der Waals surface area contributed by atoms with Gasteiger partial charge < -0.3 is 11.1 Å². The molecule has 5 nitrogen and oxygen atoms in total. The third-order valence-corrected chi connectivity index (χ3v) is 4.37. The van der Waals surface area contributed by atoms with Crippen molar-refractivity contribution in [2.24, 2.45) is 0 Å². The van der Waals surface area contributed by atoms with Gasteiger partial charge in [0.25, 0.3) is 5.91 Å². The maximum atomic E-state index is 13.2. The van der Waals surface area contributed by atoms with E-state index in [1.54, 1.807) is 6.07 Å². The van der Waals surface area contributed by atoms with Gasteiger partial charge in [-0.15, -0.1) is 0 Å². The molecule has 3 rings (SSSR count). The number of hydrogen-bond acceptors (Lipinski definition) is 4. The van der Waals surface area contributed by atoms with Crippen LogP contribution in [0.5, 0.6) is 0 Å². The number of nitrogens with zero attached hydrogens (tertiary/aromatic N) is 2. The molecule has 3 N–H and O–H groups in total. The average Bonchev–Trinajstić information content (AvgIpc) is 2.45. The molecule has 1 aromatic carbocycles. The number of halogens is 2. The lowest BCUT2D eigenvalue weighted by Crippen LogP contribution is -2.37. The zero-order valence-electron chi connectivity index (χ0n) is 11.9. The summed E-state index contributed by atoms with van der Waals surface area (Å²) in [6.07, 6.45) is 1.10. The van der Waals surface area contributed by atoms with Crippen molar-refractivity contribution < 1.29 is 9.18 Å². The quantitative estimate of drug-likeness (QED) is 0.857. The number of carbonyl (C=O) groups excluding carboxylic acids is 1. The van der Waals surface area contributed by atoms with Crippen LogP contribution < -0.4 is 11.1 Å². The van der Waals surface area contributed by atoms with Crippen molar-refractivity contribution >= 4 is 27.8 Å². The van der Waals surface area contributed by atoms with E-state index in [1.165, 1.54) is 12.1 Å². The van der Waals surface area contributed by atoms with Crippen LogP contribution >= 0.6 is 15.9 Å². The summed E-state index contributed by atoms with van der Waals surface area (Å²) in [5, 5.41) is 2.93. The van der Waals surface area contributed by atoms with Gasteiger partial charge in [-0.3, -0.25) is 4.79 Å². The number of aryl methyl sites for hydroxylation is 1. The molecular formula is C15H14BrFN4O. The lowest BCUT2D eigenvalue weighted by atomic mass is 9.93. The van der Waals surface area contributed by atoms with Crippen LogP contribution in [0.3, 0.4) is 0 Å².